The van der Waals surface area contributed by atoms with Crippen LogP contribution in [-0.4, -0.2) is 22.5 Å². The van der Waals surface area contributed by atoms with Crippen LogP contribution in [-0.2, 0) is 0 Å². The zero-order valence-electron chi connectivity index (χ0n) is 15.1. The summed E-state index contributed by atoms with van der Waals surface area (Å²) in [5.74, 6) is 0.260. The Labute approximate surface area is 161 Å². The number of primary amides is 1. The lowest BCUT2D eigenvalue weighted by atomic mass is 10.1. The van der Waals surface area contributed by atoms with Gasteiger partial charge < -0.3 is 11.1 Å². The SMILES string of the molecule is CC(C)CCSc1ccc(C(=O)Nc2ccc(C(N)=O)cc2)cc1[N+](=O)[O-]. The first-order chi connectivity index (χ1) is 12.8. The number of hydrogen-bond donors (Lipinski definition) is 2. The Morgan fingerprint density at radius 1 is 1.15 bits per heavy atom. The molecule has 0 saturated heterocycles. The smallest absolute Gasteiger partial charge is 0.283 e. The van der Waals surface area contributed by atoms with Crippen LogP contribution in [0, 0.1) is 16.0 Å². The number of nitrogens with two attached hydrogens (primary N) is 1. The Kier molecular flexibility index (Phi) is 6.95. The first-order valence-corrected chi connectivity index (χ1v) is 9.39. The molecule has 0 aliphatic heterocycles. The van der Waals surface area contributed by atoms with Gasteiger partial charge in [-0.2, -0.15) is 0 Å². The van der Waals surface area contributed by atoms with Gasteiger partial charge in [-0.1, -0.05) is 13.8 Å². The molecule has 0 unspecified atom stereocenters. The Bertz CT molecular complexity index is 851. The summed E-state index contributed by atoms with van der Waals surface area (Å²) in [5.41, 5.74) is 6.07. The number of carbonyl (C=O) groups excluding carboxylic acids is 2. The molecule has 0 fully saturated rings. The molecular formula is C19H21N3O4S. The quantitative estimate of drug-likeness (QED) is 0.402. The lowest BCUT2D eigenvalue weighted by Crippen LogP contribution is -2.13. The number of thioether (sulfide) groups is 1. The molecule has 0 spiro atoms. The van der Waals surface area contributed by atoms with E-state index >= 15 is 0 Å². The summed E-state index contributed by atoms with van der Waals surface area (Å²) >= 11 is 1.42. The van der Waals surface area contributed by atoms with Crippen LogP contribution < -0.4 is 11.1 Å². The molecular weight excluding hydrogens is 366 g/mol. The van der Waals surface area contributed by atoms with E-state index in [1.807, 2.05) is 0 Å². The van der Waals surface area contributed by atoms with Gasteiger partial charge in [-0.05, 0) is 54.5 Å². The molecule has 0 aliphatic rings. The lowest BCUT2D eigenvalue weighted by Gasteiger charge is -2.08. The number of nitro groups is 1. The summed E-state index contributed by atoms with van der Waals surface area (Å²) in [7, 11) is 0. The minimum atomic E-state index is -0.561. The van der Waals surface area contributed by atoms with Crippen molar-refractivity contribution < 1.29 is 14.5 Å². The second kappa shape index (κ2) is 9.18. The summed E-state index contributed by atoms with van der Waals surface area (Å²) < 4.78 is 0. The highest BCUT2D eigenvalue weighted by Crippen LogP contribution is 2.31. The molecule has 0 radical (unpaired) electrons. The van der Waals surface area contributed by atoms with E-state index in [1.54, 1.807) is 24.3 Å². The summed E-state index contributed by atoms with van der Waals surface area (Å²) in [6.07, 6.45) is 0.950. The van der Waals surface area contributed by atoms with E-state index in [1.165, 1.54) is 30.0 Å². The van der Waals surface area contributed by atoms with Crippen molar-refractivity contribution in [3.63, 3.8) is 0 Å². The van der Waals surface area contributed by atoms with Crippen molar-refractivity contribution in [2.45, 2.75) is 25.2 Å². The van der Waals surface area contributed by atoms with E-state index in [9.17, 15) is 19.7 Å². The molecule has 8 heteroatoms. The van der Waals surface area contributed by atoms with Crippen LogP contribution >= 0.6 is 11.8 Å². The van der Waals surface area contributed by atoms with Crippen molar-refractivity contribution in [3.05, 3.63) is 63.7 Å². The predicted octanol–water partition coefficient (Wildman–Crippen LogP) is 4.08. The lowest BCUT2D eigenvalue weighted by molar-refractivity contribution is -0.387. The monoisotopic (exact) mass is 387 g/mol. The van der Waals surface area contributed by atoms with Crippen LogP contribution in [0.25, 0.3) is 0 Å². The first-order valence-electron chi connectivity index (χ1n) is 8.40. The van der Waals surface area contributed by atoms with Gasteiger partial charge >= 0.3 is 0 Å². The molecule has 0 aromatic heterocycles. The third-order valence-electron chi connectivity index (χ3n) is 3.80. The molecule has 3 N–H and O–H groups in total. The second-order valence-electron chi connectivity index (χ2n) is 6.37. The van der Waals surface area contributed by atoms with Crippen molar-refractivity contribution in [3.8, 4) is 0 Å². The van der Waals surface area contributed by atoms with Crippen LogP contribution in [0.1, 0.15) is 41.0 Å². The summed E-state index contributed by atoms with van der Waals surface area (Å²) in [4.78, 5) is 34.9. The van der Waals surface area contributed by atoms with Gasteiger partial charge in [0.05, 0.1) is 9.82 Å². The fourth-order valence-electron chi connectivity index (χ4n) is 2.25. The minimum absolute atomic E-state index is 0.0829. The predicted molar refractivity (Wildman–Crippen MR) is 106 cm³/mol. The van der Waals surface area contributed by atoms with Crippen molar-refractivity contribution in [2.75, 3.05) is 11.1 Å². The number of hydrogen-bond acceptors (Lipinski definition) is 5. The number of anilines is 1. The van der Waals surface area contributed by atoms with Crippen LogP contribution in [0.3, 0.4) is 0 Å². The van der Waals surface area contributed by atoms with Gasteiger partial charge in [0.2, 0.25) is 5.91 Å². The first kappa shape index (κ1) is 20.4. The molecule has 0 aliphatic carbocycles. The topological polar surface area (TPSA) is 115 Å². The number of rotatable bonds is 8. The maximum Gasteiger partial charge on any atom is 0.283 e. The van der Waals surface area contributed by atoms with Crippen LogP contribution in [0.5, 0.6) is 0 Å². The zero-order chi connectivity index (χ0) is 20.0. The van der Waals surface area contributed by atoms with E-state index in [4.69, 9.17) is 5.73 Å². The standard InChI is InChI=1S/C19H21N3O4S/c1-12(2)9-10-27-17-8-5-14(11-16(17)22(25)26)19(24)21-15-6-3-13(4-7-15)18(20)23/h3-8,11-12H,9-10H2,1-2H3,(H2,20,23)(H,21,24). The molecule has 2 rings (SSSR count). The summed E-state index contributed by atoms with van der Waals surface area (Å²) in [5, 5.41) is 14.0. The maximum absolute atomic E-state index is 12.4. The highest BCUT2D eigenvalue weighted by molar-refractivity contribution is 7.99. The summed E-state index contributed by atoms with van der Waals surface area (Å²) in [6, 6.07) is 10.5. The van der Waals surface area contributed by atoms with Gasteiger partial charge in [0.15, 0.2) is 0 Å². The number of benzene rings is 2. The molecule has 2 aromatic rings. The van der Waals surface area contributed by atoms with Gasteiger partial charge in [-0.25, -0.2) is 0 Å². The largest absolute Gasteiger partial charge is 0.366 e. The Morgan fingerprint density at radius 2 is 1.78 bits per heavy atom. The van der Waals surface area contributed by atoms with Crippen LogP contribution in [0.2, 0.25) is 0 Å². The molecule has 0 bridgehead atoms. The highest BCUT2D eigenvalue weighted by Gasteiger charge is 2.18. The molecule has 2 amide bonds. The Morgan fingerprint density at radius 3 is 2.33 bits per heavy atom. The van der Waals surface area contributed by atoms with Gasteiger partial charge in [0, 0.05) is 22.9 Å². The van der Waals surface area contributed by atoms with Gasteiger partial charge in [-0.3, -0.25) is 19.7 Å². The van der Waals surface area contributed by atoms with Gasteiger partial charge in [-0.15, -0.1) is 11.8 Å². The van der Waals surface area contributed by atoms with E-state index in [0.29, 0.717) is 22.1 Å². The van der Waals surface area contributed by atoms with Crippen LogP contribution in [0.4, 0.5) is 11.4 Å². The van der Waals surface area contributed by atoms with E-state index in [-0.39, 0.29) is 11.3 Å². The molecule has 0 atom stereocenters. The number of nitrogens with one attached hydrogen (secondary N) is 1. The average Bonchev–Trinajstić information content (AvgIpc) is 2.61. The maximum atomic E-state index is 12.4. The van der Waals surface area contributed by atoms with Gasteiger partial charge in [0.1, 0.15) is 0 Å². The fourth-order valence-corrected chi connectivity index (χ4v) is 3.50. The van der Waals surface area contributed by atoms with E-state index in [0.717, 1.165) is 12.2 Å². The molecule has 0 saturated carbocycles. The average molecular weight is 387 g/mol. The third kappa shape index (κ3) is 5.82. The molecule has 7 nitrogen and oxygen atoms in total. The summed E-state index contributed by atoms with van der Waals surface area (Å²) in [6.45, 7) is 4.19. The molecule has 2 aromatic carbocycles. The normalized spacial score (nSPS) is 10.6. The Hall–Kier alpha value is -2.87. The van der Waals surface area contributed by atoms with Crippen molar-refractivity contribution >= 4 is 35.0 Å². The number of nitrogens with zero attached hydrogens (tertiary/aromatic N) is 1. The highest BCUT2D eigenvalue weighted by atomic mass is 32.2. The number of nitro benzene ring substituents is 1. The molecule has 0 heterocycles. The minimum Gasteiger partial charge on any atom is -0.366 e. The Balaban J connectivity index is 2.14. The van der Waals surface area contributed by atoms with E-state index in [2.05, 4.69) is 19.2 Å². The van der Waals surface area contributed by atoms with Crippen molar-refractivity contribution in [1.29, 1.82) is 0 Å². The zero-order valence-corrected chi connectivity index (χ0v) is 15.9. The third-order valence-corrected chi connectivity index (χ3v) is 4.89. The van der Waals surface area contributed by atoms with E-state index < -0.39 is 16.7 Å². The van der Waals surface area contributed by atoms with Crippen molar-refractivity contribution in [2.24, 2.45) is 11.7 Å². The van der Waals surface area contributed by atoms with Gasteiger partial charge in [0.25, 0.3) is 11.6 Å². The second-order valence-corrected chi connectivity index (χ2v) is 7.50. The molecule has 27 heavy (non-hydrogen) atoms. The number of carbonyl (C=O) groups is 2. The number of amides is 2. The van der Waals surface area contributed by atoms with Crippen molar-refractivity contribution in [1.82, 2.24) is 0 Å². The molecule has 142 valence electrons. The fraction of sp³-hybridized carbons (Fsp3) is 0.263. The van der Waals surface area contributed by atoms with Crippen LogP contribution in [0.15, 0.2) is 47.4 Å².